The third kappa shape index (κ3) is 2.03. The molecule has 1 heterocycles. The SMILES string of the molecule is N#Cc1ccc(N2C(=O)NC3CCCCC3C2=O)cc1. The number of nitrogens with one attached hydrogen (secondary N) is 1. The van der Waals surface area contributed by atoms with Crippen LogP contribution in [0.25, 0.3) is 0 Å². The number of rotatable bonds is 1. The predicted octanol–water partition coefficient (Wildman–Crippen LogP) is 2.17. The molecule has 1 saturated carbocycles. The average molecular weight is 269 g/mol. The van der Waals surface area contributed by atoms with Crippen LogP contribution in [0.4, 0.5) is 10.5 Å². The second kappa shape index (κ2) is 4.97. The summed E-state index contributed by atoms with van der Waals surface area (Å²) in [6.07, 6.45) is 3.80. The van der Waals surface area contributed by atoms with Crippen LogP contribution in [0, 0.1) is 17.2 Å². The van der Waals surface area contributed by atoms with E-state index in [1.165, 1.54) is 4.90 Å². The van der Waals surface area contributed by atoms with Crippen molar-refractivity contribution in [3.63, 3.8) is 0 Å². The fourth-order valence-corrected chi connectivity index (χ4v) is 3.02. The van der Waals surface area contributed by atoms with Crippen molar-refractivity contribution in [2.24, 2.45) is 5.92 Å². The fraction of sp³-hybridized carbons (Fsp3) is 0.400. The first-order valence-corrected chi connectivity index (χ1v) is 6.85. The van der Waals surface area contributed by atoms with Gasteiger partial charge in [0.1, 0.15) is 0 Å². The van der Waals surface area contributed by atoms with Gasteiger partial charge in [0.05, 0.1) is 23.2 Å². The maximum absolute atomic E-state index is 12.5. The van der Waals surface area contributed by atoms with E-state index in [1.54, 1.807) is 24.3 Å². The Hall–Kier alpha value is -2.35. The maximum Gasteiger partial charge on any atom is 0.328 e. The van der Waals surface area contributed by atoms with E-state index in [2.05, 4.69) is 5.32 Å². The first kappa shape index (κ1) is 12.7. The van der Waals surface area contributed by atoms with E-state index in [0.29, 0.717) is 11.3 Å². The monoisotopic (exact) mass is 269 g/mol. The van der Waals surface area contributed by atoms with Gasteiger partial charge in [-0.05, 0) is 37.1 Å². The molecule has 0 aromatic heterocycles. The van der Waals surface area contributed by atoms with Gasteiger partial charge in [0.25, 0.3) is 0 Å². The van der Waals surface area contributed by atoms with Crippen molar-refractivity contribution in [3.8, 4) is 6.07 Å². The quantitative estimate of drug-likeness (QED) is 0.849. The number of benzene rings is 1. The van der Waals surface area contributed by atoms with Crippen LogP contribution in [0.15, 0.2) is 24.3 Å². The van der Waals surface area contributed by atoms with Crippen molar-refractivity contribution in [2.45, 2.75) is 31.7 Å². The molecule has 1 aromatic carbocycles. The normalized spacial score (nSPS) is 25.6. The Labute approximate surface area is 117 Å². The largest absolute Gasteiger partial charge is 0.334 e. The third-order valence-electron chi connectivity index (χ3n) is 4.07. The van der Waals surface area contributed by atoms with Crippen LogP contribution >= 0.6 is 0 Å². The molecule has 0 spiro atoms. The second-order valence-electron chi connectivity index (χ2n) is 5.28. The van der Waals surface area contributed by atoms with Gasteiger partial charge in [-0.2, -0.15) is 5.26 Å². The van der Waals surface area contributed by atoms with Crippen LogP contribution in [0.2, 0.25) is 0 Å². The number of urea groups is 1. The number of fused-ring (bicyclic) bond motifs is 1. The highest BCUT2D eigenvalue weighted by Gasteiger charge is 2.42. The number of amides is 3. The second-order valence-corrected chi connectivity index (χ2v) is 5.28. The van der Waals surface area contributed by atoms with E-state index in [-0.39, 0.29) is 23.9 Å². The van der Waals surface area contributed by atoms with Crippen LogP contribution in [0.5, 0.6) is 0 Å². The number of imide groups is 1. The number of carbonyl (C=O) groups is 2. The molecule has 1 saturated heterocycles. The summed E-state index contributed by atoms with van der Waals surface area (Å²) in [5, 5.41) is 11.7. The first-order chi connectivity index (χ1) is 9.70. The number of anilines is 1. The Balaban J connectivity index is 1.90. The van der Waals surface area contributed by atoms with Crippen LogP contribution in [0.1, 0.15) is 31.2 Å². The van der Waals surface area contributed by atoms with E-state index in [9.17, 15) is 9.59 Å². The Kier molecular flexibility index (Phi) is 3.15. The van der Waals surface area contributed by atoms with Crippen LogP contribution < -0.4 is 10.2 Å². The number of hydrogen-bond donors (Lipinski definition) is 1. The summed E-state index contributed by atoms with van der Waals surface area (Å²) in [7, 11) is 0. The van der Waals surface area contributed by atoms with Crippen molar-refractivity contribution in [2.75, 3.05) is 4.90 Å². The van der Waals surface area contributed by atoms with Crippen molar-refractivity contribution >= 4 is 17.6 Å². The summed E-state index contributed by atoms with van der Waals surface area (Å²) >= 11 is 0. The summed E-state index contributed by atoms with van der Waals surface area (Å²) in [6.45, 7) is 0. The Morgan fingerprint density at radius 2 is 1.85 bits per heavy atom. The van der Waals surface area contributed by atoms with Gasteiger partial charge in [0.2, 0.25) is 5.91 Å². The highest BCUT2D eigenvalue weighted by Crippen LogP contribution is 2.31. The number of nitrogens with zero attached hydrogens (tertiary/aromatic N) is 2. The van der Waals surface area contributed by atoms with E-state index in [4.69, 9.17) is 5.26 Å². The number of carbonyl (C=O) groups excluding carboxylic acids is 2. The molecule has 1 aliphatic carbocycles. The molecule has 2 fully saturated rings. The van der Waals surface area contributed by atoms with E-state index in [0.717, 1.165) is 25.7 Å². The molecular formula is C15H15N3O2. The topological polar surface area (TPSA) is 73.2 Å². The Morgan fingerprint density at radius 1 is 1.15 bits per heavy atom. The molecule has 102 valence electrons. The first-order valence-electron chi connectivity index (χ1n) is 6.85. The van der Waals surface area contributed by atoms with Crippen LogP contribution in [-0.4, -0.2) is 18.0 Å². The maximum atomic E-state index is 12.5. The molecule has 1 aliphatic heterocycles. The summed E-state index contributed by atoms with van der Waals surface area (Å²) < 4.78 is 0. The highest BCUT2D eigenvalue weighted by atomic mass is 16.2. The van der Waals surface area contributed by atoms with Gasteiger partial charge in [0.15, 0.2) is 0 Å². The summed E-state index contributed by atoms with van der Waals surface area (Å²) in [6, 6.07) is 8.15. The van der Waals surface area contributed by atoms with Crippen molar-refractivity contribution < 1.29 is 9.59 Å². The lowest BCUT2D eigenvalue weighted by Crippen LogP contribution is -2.61. The van der Waals surface area contributed by atoms with Gasteiger partial charge in [0, 0.05) is 6.04 Å². The smallest absolute Gasteiger partial charge is 0.328 e. The molecule has 5 heteroatoms. The minimum absolute atomic E-state index is 0.0154. The lowest BCUT2D eigenvalue weighted by molar-refractivity contribution is -0.124. The van der Waals surface area contributed by atoms with Gasteiger partial charge in [-0.3, -0.25) is 4.79 Å². The third-order valence-corrected chi connectivity index (χ3v) is 4.07. The molecule has 3 amide bonds. The summed E-state index contributed by atoms with van der Waals surface area (Å²) in [5.74, 6) is -0.236. The van der Waals surface area contributed by atoms with Crippen LogP contribution in [0.3, 0.4) is 0 Å². The molecule has 5 nitrogen and oxygen atoms in total. The van der Waals surface area contributed by atoms with Gasteiger partial charge >= 0.3 is 6.03 Å². The fourth-order valence-electron chi connectivity index (χ4n) is 3.02. The summed E-state index contributed by atoms with van der Waals surface area (Å²) in [4.78, 5) is 25.9. The zero-order chi connectivity index (χ0) is 14.1. The minimum atomic E-state index is -0.358. The number of nitriles is 1. The van der Waals surface area contributed by atoms with Gasteiger partial charge < -0.3 is 5.32 Å². The zero-order valence-corrected chi connectivity index (χ0v) is 11.0. The molecule has 0 radical (unpaired) electrons. The minimum Gasteiger partial charge on any atom is -0.334 e. The molecule has 0 bridgehead atoms. The van der Waals surface area contributed by atoms with E-state index >= 15 is 0 Å². The lowest BCUT2D eigenvalue weighted by Gasteiger charge is -2.39. The standard InChI is InChI=1S/C15H15N3O2/c16-9-10-5-7-11(8-6-10)18-14(19)12-3-1-2-4-13(12)17-15(18)20/h5-8,12-13H,1-4H2,(H,17,20). The van der Waals surface area contributed by atoms with Crippen molar-refractivity contribution in [1.82, 2.24) is 5.32 Å². The van der Waals surface area contributed by atoms with Gasteiger partial charge in [-0.25, -0.2) is 9.69 Å². The molecule has 2 aliphatic rings. The summed E-state index contributed by atoms with van der Waals surface area (Å²) in [5.41, 5.74) is 1.03. The Morgan fingerprint density at radius 3 is 2.55 bits per heavy atom. The molecule has 20 heavy (non-hydrogen) atoms. The van der Waals surface area contributed by atoms with E-state index < -0.39 is 0 Å². The predicted molar refractivity (Wildman–Crippen MR) is 72.9 cm³/mol. The van der Waals surface area contributed by atoms with E-state index in [1.807, 2.05) is 6.07 Å². The molecule has 2 atom stereocenters. The molecular weight excluding hydrogens is 254 g/mol. The Bertz CT molecular complexity index is 588. The molecule has 1 N–H and O–H groups in total. The highest BCUT2D eigenvalue weighted by molar-refractivity contribution is 6.17. The molecule has 1 aromatic rings. The van der Waals surface area contributed by atoms with Crippen LogP contribution in [-0.2, 0) is 4.79 Å². The van der Waals surface area contributed by atoms with Gasteiger partial charge in [-0.1, -0.05) is 12.8 Å². The number of hydrogen-bond acceptors (Lipinski definition) is 3. The van der Waals surface area contributed by atoms with Crippen molar-refractivity contribution in [3.05, 3.63) is 29.8 Å². The zero-order valence-electron chi connectivity index (χ0n) is 11.0. The molecule has 2 unspecified atom stereocenters. The van der Waals surface area contributed by atoms with Crippen molar-refractivity contribution in [1.29, 1.82) is 5.26 Å². The lowest BCUT2D eigenvalue weighted by atomic mass is 9.82. The molecule has 3 rings (SSSR count). The average Bonchev–Trinajstić information content (AvgIpc) is 2.48. The van der Waals surface area contributed by atoms with Gasteiger partial charge in [-0.15, -0.1) is 0 Å².